The van der Waals surface area contributed by atoms with Crippen LogP contribution in [-0.4, -0.2) is 24.3 Å². The predicted molar refractivity (Wildman–Crippen MR) is 75.5 cm³/mol. The molecule has 1 aromatic carbocycles. The first-order chi connectivity index (χ1) is 8.61. The van der Waals surface area contributed by atoms with E-state index in [1.54, 1.807) is 0 Å². The van der Waals surface area contributed by atoms with Gasteiger partial charge in [-0.25, -0.2) is 0 Å². The quantitative estimate of drug-likeness (QED) is 0.914. The Morgan fingerprint density at radius 2 is 2.11 bits per heavy atom. The summed E-state index contributed by atoms with van der Waals surface area (Å²) in [5.74, 6) is 0.391. The van der Waals surface area contributed by atoms with E-state index < -0.39 is 0 Å². The monoisotopic (exact) mass is 308 g/mol. The van der Waals surface area contributed by atoms with Crippen molar-refractivity contribution < 1.29 is 5.11 Å². The molecule has 0 aliphatic carbocycles. The van der Waals surface area contributed by atoms with E-state index in [0.717, 1.165) is 36.1 Å². The molecule has 1 saturated heterocycles. The lowest BCUT2D eigenvalue weighted by molar-refractivity contribution is 0.110. The Bertz CT molecular complexity index is 459. The van der Waals surface area contributed by atoms with Crippen molar-refractivity contribution in [1.82, 2.24) is 0 Å². The highest BCUT2D eigenvalue weighted by atomic mass is 79.9. The first-order valence-corrected chi connectivity index (χ1v) is 7.04. The highest BCUT2D eigenvalue weighted by Gasteiger charge is 2.23. The largest absolute Gasteiger partial charge is 0.393 e. The van der Waals surface area contributed by atoms with Gasteiger partial charge in [-0.1, -0.05) is 15.9 Å². The van der Waals surface area contributed by atoms with E-state index in [9.17, 15) is 10.4 Å². The Balaban J connectivity index is 2.13. The molecule has 1 N–H and O–H groups in total. The number of rotatable bonds is 2. The van der Waals surface area contributed by atoms with E-state index in [2.05, 4.69) is 26.9 Å². The zero-order valence-corrected chi connectivity index (χ0v) is 12.0. The molecule has 0 saturated carbocycles. The Kier molecular flexibility index (Phi) is 4.26. The summed E-state index contributed by atoms with van der Waals surface area (Å²) in [6.45, 7) is 3.68. The van der Waals surface area contributed by atoms with Crippen molar-refractivity contribution in [3.05, 3.63) is 28.2 Å². The van der Waals surface area contributed by atoms with Gasteiger partial charge in [-0.15, -0.1) is 0 Å². The molecule has 1 aliphatic heterocycles. The van der Waals surface area contributed by atoms with Gasteiger partial charge in [0.05, 0.1) is 17.4 Å². The summed E-state index contributed by atoms with van der Waals surface area (Å²) in [6, 6.07) is 8.06. The summed E-state index contributed by atoms with van der Waals surface area (Å²) >= 11 is 3.39. The Labute approximate surface area is 116 Å². The molecule has 0 unspecified atom stereocenters. The maximum absolute atomic E-state index is 9.59. The van der Waals surface area contributed by atoms with Crippen molar-refractivity contribution in [1.29, 1.82) is 5.26 Å². The Hall–Kier alpha value is -1.05. The van der Waals surface area contributed by atoms with Crippen LogP contribution >= 0.6 is 15.9 Å². The fourth-order valence-corrected chi connectivity index (χ4v) is 2.86. The van der Waals surface area contributed by atoms with Crippen molar-refractivity contribution in [3.63, 3.8) is 0 Å². The van der Waals surface area contributed by atoms with Gasteiger partial charge in [0.25, 0.3) is 0 Å². The molecule has 1 aliphatic rings. The van der Waals surface area contributed by atoms with Crippen molar-refractivity contribution in [3.8, 4) is 6.07 Å². The Morgan fingerprint density at radius 1 is 1.44 bits per heavy atom. The normalized spacial score (nSPS) is 18.4. The summed E-state index contributed by atoms with van der Waals surface area (Å²) in [5, 5.41) is 18.8. The molecule has 2 rings (SSSR count). The number of anilines is 1. The molecule has 3 nitrogen and oxygen atoms in total. The van der Waals surface area contributed by atoms with Gasteiger partial charge in [0.2, 0.25) is 0 Å². The molecule has 1 heterocycles. The summed E-state index contributed by atoms with van der Waals surface area (Å²) in [5.41, 5.74) is 1.71. The molecule has 96 valence electrons. The van der Waals surface area contributed by atoms with Crippen LogP contribution in [0.3, 0.4) is 0 Å². The van der Waals surface area contributed by atoms with Crippen LogP contribution < -0.4 is 4.90 Å². The SMILES string of the molecule is C[C@@H](O)C1CCN(c2ccc(Br)cc2C#N)CC1. The Morgan fingerprint density at radius 3 is 2.67 bits per heavy atom. The van der Waals surface area contributed by atoms with Gasteiger partial charge >= 0.3 is 0 Å². The van der Waals surface area contributed by atoms with E-state index in [4.69, 9.17) is 0 Å². The van der Waals surface area contributed by atoms with Gasteiger partial charge in [0, 0.05) is 17.6 Å². The van der Waals surface area contributed by atoms with Gasteiger partial charge < -0.3 is 10.0 Å². The number of piperidine rings is 1. The molecule has 0 aromatic heterocycles. The van der Waals surface area contributed by atoms with Gasteiger partial charge in [-0.05, 0) is 43.9 Å². The molecule has 4 heteroatoms. The van der Waals surface area contributed by atoms with Crippen LogP contribution in [0, 0.1) is 17.2 Å². The number of hydrogen-bond acceptors (Lipinski definition) is 3. The third-order valence-corrected chi connectivity index (χ3v) is 4.13. The molecule has 1 fully saturated rings. The fourth-order valence-electron chi connectivity index (χ4n) is 2.50. The van der Waals surface area contributed by atoms with Crippen LogP contribution in [0.2, 0.25) is 0 Å². The zero-order valence-electron chi connectivity index (χ0n) is 10.4. The van der Waals surface area contributed by atoms with E-state index in [1.165, 1.54) is 0 Å². The molecule has 18 heavy (non-hydrogen) atoms. The minimum Gasteiger partial charge on any atom is -0.393 e. The van der Waals surface area contributed by atoms with Gasteiger partial charge in [-0.2, -0.15) is 5.26 Å². The predicted octanol–water partition coefficient (Wildman–Crippen LogP) is 2.92. The summed E-state index contributed by atoms with van der Waals surface area (Å²) in [7, 11) is 0. The molecule has 0 spiro atoms. The molecular weight excluding hydrogens is 292 g/mol. The molecule has 0 amide bonds. The second-order valence-corrected chi connectivity index (χ2v) is 5.75. The first kappa shape index (κ1) is 13.4. The van der Waals surface area contributed by atoms with Crippen LogP contribution in [0.5, 0.6) is 0 Å². The smallest absolute Gasteiger partial charge is 0.101 e. The highest BCUT2D eigenvalue weighted by Crippen LogP contribution is 2.29. The standard InChI is InChI=1S/C14H17BrN2O/c1-10(18)11-4-6-17(7-5-11)14-3-2-13(15)8-12(14)9-16/h2-3,8,10-11,18H,4-7H2,1H3/t10-/m1/s1. The third-order valence-electron chi connectivity index (χ3n) is 3.64. The van der Waals surface area contributed by atoms with Gasteiger partial charge in [0.1, 0.15) is 6.07 Å². The molecule has 0 radical (unpaired) electrons. The van der Waals surface area contributed by atoms with Crippen molar-refractivity contribution in [2.45, 2.75) is 25.9 Å². The minimum absolute atomic E-state index is 0.229. The number of aliphatic hydroxyl groups is 1. The maximum Gasteiger partial charge on any atom is 0.101 e. The lowest BCUT2D eigenvalue weighted by Gasteiger charge is -2.35. The van der Waals surface area contributed by atoms with E-state index in [0.29, 0.717) is 11.5 Å². The van der Waals surface area contributed by atoms with Crippen molar-refractivity contribution in [2.75, 3.05) is 18.0 Å². The number of aliphatic hydroxyl groups excluding tert-OH is 1. The lowest BCUT2D eigenvalue weighted by atomic mass is 9.91. The average molecular weight is 309 g/mol. The molecule has 1 aromatic rings. The highest BCUT2D eigenvalue weighted by molar-refractivity contribution is 9.10. The summed E-state index contributed by atoms with van der Waals surface area (Å²) < 4.78 is 0.932. The molecular formula is C14H17BrN2O. The van der Waals surface area contributed by atoms with Crippen LogP contribution in [0.15, 0.2) is 22.7 Å². The van der Waals surface area contributed by atoms with Crippen molar-refractivity contribution in [2.24, 2.45) is 5.92 Å². The summed E-state index contributed by atoms with van der Waals surface area (Å²) in [4.78, 5) is 2.24. The number of nitrogens with zero attached hydrogens (tertiary/aromatic N) is 2. The molecule has 1 atom stereocenters. The second-order valence-electron chi connectivity index (χ2n) is 4.84. The van der Waals surface area contributed by atoms with Gasteiger partial charge in [-0.3, -0.25) is 0 Å². The van der Waals surface area contributed by atoms with E-state index in [1.807, 2.05) is 25.1 Å². The third kappa shape index (κ3) is 2.85. The first-order valence-electron chi connectivity index (χ1n) is 6.24. The maximum atomic E-state index is 9.59. The van der Waals surface area contributed by atoms with Crippen LogP contribution in [-0.2, 0) is 0 Å². The van der Waals surface area contributed by atoms with Crippen LogP contribution in [0.4, 0.5) is 5.69 Å². The average Bonchev–Trinajstić information content (AvgIpc) is 2.38. The lowest BCUT2D eigenvalue weighted by Crippen LogP contribution is -2.37. The number of nitriles is 1. The number of benzene rings is 1. The second kappa shape index (κ2) is 5.73. The van der Waals surface area contributed by atoms with Crippen LogP contribution in [0.1, 0.15) is 25.3 Å². The zero-order chi connectivity index (χ0) is 13.1. The molecule has 0 bridgehead atoms. The van der Waals surface area contributed by atoms with Gasteiger partial charge in [0.15, 0.2) is 0 Å². The topological polar surface area (TPSA) is 47.3 Å². The number of halogens is 1. The van der Waals surface area contributed by atoms with Crippen molar-refractivity contribution >= 4 is 21.6 Å². The fraction of sp³-hybridized carbons (Fsp3) is 0.500. The number of hydrogen-bond donors (Lipinski definition) is 1. The van der Waals surface area contributed by atoms with Crippen LogP contribution in [0.25, 0.3) is 0 Å². The van der Waals surface area contributed by atoms with E-state index in [-0.39, 0.29) is 6.10 Å². The minimum atomic E-state index is -0.229. The van der Waals surface area contributed by atoms with E-state index >= 15 is 0 Å². The summed E-state index contributed by atoms with van der Waals surface area (Å²) in [6.07, 6.45) is 1.74.